The number of nitriles is 1. The molecule has 7 nitrogen and oxygen atoms in total. The standard InChI is InChI=1S/C49H55ClFN3O4/c1-32-37(11-7-14-44(32)56-24-8-21-54-22-19-36(51)20-23-54)38-12-6-13-40-39(38)15-17-45(40)58-47-27-46(57-31-34-10-5-3-4-9-33(25-34)30-52)35(26-42(47)50)28-49(2)29-41(49)43-16-18-48(55)53-43/h5-7,9-14,25-27,36,41,43,45H,3-4,8,15-24,28-29,31H2,1-2H3,(H,53,55)/b10-5?,33-9+,34-25?/t41?,43?,45-,49?/m0/s1. The summed E-state index contributed by atoms with van der Waals surface area (Å²) in [6.07, 6.45) is 16.1. The van der Waals surface area contributed by atoms with Crippen molar-refractivity contribution >= 4 is 17.5 Å². The first kappa shape index (κ1) is 40.2. The van der Waals surface area contributed by atoms with Gasteiger partial charge in [0.1, 0.15) is 36.1 Å². The van der Waals surface area contributed by atoms with Crippen LogP contribution in [0.3, 0.4) is 0 Å². The summed E-state index contributed by atoms with van der Waals surface area (Å²) in [4.78, 5) is 14.4. The van der Waals surface area contributed by atoms with E-state index < -0.39 is 6.17 Å². The third-order valence-electron chi connectivity index (χ3n) is 13.0. The lowest BCUT2D eigenvalue weighted by Crippen LogP contribution is -2.35. The quantitative estimate of drug-likeness (QED) is 0.163. The highest BCUT2D eigenvalue weighted by Gasteiger charge is 2.55. The molecule has 2 aliphatic heterocycles. The van der Waals surface area contributed by atoms with Crippen molar-refractivity contribution < 1.29 is 23.4 Å². The topological polar surface area (TPSA) is 83.8 Å². The van der Waals surface area contributed by atoms with E-state index >= 15 is 0 Å². The minimum atomic E-state index is -0.652. The monoisotopic (exact) mass is 803 g/mol. The molecule has 2 saturated heterocycles. The van der Waals surface area contributed by atoms with Gasteiger partial charge in [0.15, 0.2) is 0 Å². The first-order valence-corrected chi connectivity index (χ1v) is 21.6. The predicted octanol–water partition coefficient (Wildman–Crippen LogP) is 10.5. The van der Waals surface area contributed by atoms with Gasteiger partial charge < -0.3 is 24.4 Å². The fourth-order valence-corrected chi connectivity index (χ4v) is 9.83. The number of amides is 1. The highest BCUT2D eigenvalue weighted by Crippen LogP contribution is 2.58. The number of hydrogen-bond donors (Lipinski definition) is 1. The minimum absolute atomic E-state index is 0.0258. The van der Waals surface area contributed by atoms with Crippen LogP contribution in [0.5, 0.6) is 17.2 Å². The van der Waals surface area contributed by atoms with E-state index in [2.05, 4.69) is 72.6 Å². The van der Waals surface area contributed by atoms with E-state index in [1.54, 1.807) is 0 Å². The molecular weight excluding hydrogens is 749 g/mol. The Balaban J connectivity index is 0.999. The lowest BCUT2D eigenvalue weighted by atomic mass is 9.92. The van der Waals surface area contributed by atoms with Gasteiger partial charge in [0.25, 0.3) is 0 Å². The fourth-order valence-electron chi connectivity index (χ4n) is 9.60. The molecule has 8 rings (SSSR count). The summed E-state index contributed by atoms with van der Waals surface area (Å²) < 4.78 is 33.3. The first-order valence-electron chi connectivity index (χ1n) is 21.3. The van der Waals surface area contributed by atoms with Crippen LogP contribution >= 0.6 is 11.6 Å². The summed E-state index contributed by atoms with van der Waals surface area (Å²) in [6.45, 7) is 7.94. The molecule has 3 unspecified atom stereocenters. The van der Waals surface area contributed by atoms with Crippen LogP contribution in [-0.2, 0) is 17.6 Å². The van der Waals surface area contributed by atoms with Gasteiger partial charge in [-0.3, -0.25) is 4.79 Å². The number of fused-ring (bicyclic) bond motifs is 1. The van der Waals surface area contributed by atoms with E-state index in [0.717, 1.165) is 110 Å². The summed E-state index contributed by atoms with van der Waals surface area (Å²) in [6, 6.07) is 19.3. The molecular formula is C49H55ClFN3O4. The van der Waals surface area contributed by atoms with E-state index in [4.69, 9.17) is 25.8 Å². The van der Waals surface area contributed by atoms with Crippen LogP contribution in [0.15, 0.2) is 84.0 Å². The molecule has 0 radical (unpaired) electrons. The number of rotatable bonds is 14. The average molecular weight is 804 g/mol. The SMILES string of the molecule is Cc1c(OCCCN2CCC(F)CC2)cccc1-c1cccc2c1CC[C@@H]2Oc1cc(OCC2=C/C(C#N)=C\CCC=C2)c(CC2(C)CC2C2CCC(=O)N2)cc1Cl. The summed E-state index contributed by atoms with van der Waals surface area (Å²) >= 11 is 7.10. The Morgan fingerprint density at radius 1 is 1.00 bits per heavy atom. The van der Waals surface area contributed by atoms with Gasteiger partial charge in [0.05, 0.1) is 17.7 Å². The smallest absolute Gasteiger partial charge is 0.220 e. The van der Waals surface area contributed by atoms with Crippen LogP contribution in [0.2, 0.25) is 5.02 Å². The zero-order valence-electron chi connectivity index (χ0n) is 33.8. The zero-order chi connectivity index (χ0) is 40.2. The molecule has 58 heavy (non-hydrogen) atoms. The van der Waals surface area contributed by atoms with Crippen molar-refractivity contribution in [3.05, 3.63) is 111 Å². The number of piperidine rings is 1. The van der Waals surface area contributed by atoms with Crippen molar-refractivity contribution in [3.63, 3.8) is 0 Å². The number of allylic oxidation sites excluding steroid dienone is 4. The molecule has 304 valence electrons. The van der Waals surface area contributed by atoms with Crippen LogP contribution < -0.4 is 19.5 Å². The second-order valence-corrected chi connectivity index (χ2v) is 17.6. The second-order valence-electron chi connectivity index (χ2n) is 17.2. The Hall–Kier alpha value is -4.58. The number of carbonyl (C=O) groups is 1. The van der Waals surface area contributed by atoms with Crippen molar-refractivity contribution in [1.82, 2.24) is 10.2 Å². The van der Waals surface area contributed by atoms with Gasteiger partial charge in [-0.15, -0.1) is 0 Å². The van der Waals surface area contributed by atoms with Crippen molar-refractivity contribution in [1.29, 1.82) is 5.26 Å². The number of likely N-dealkylation sites (tertiary alicyclic amines) is 1. The fraction of sp³-hybridized carbons (Fsp3) is 0.469. The van der Waals surface area contributed by atoms with Crippen molar-refractivity contribution in [3.8, 4) is 34.4 Å². The highest BCUT2D eigenvalue weighted by atomic mass is 35.5. The largest absolute Gasteiger partial charge is 0.493 e. The molecule has 3 aromatic rings. The van der Waals surface area contributed by atoms with Crippen molar-refractivity contribution in [2.45, 2.75) is 103 Å². The van der Waals surface area contributed by atoms with E-state index in [1.807, 2.05) is 30.4 Å². The Morgan fingerprint density at radius 2 is 1.83 bits per heavy atom. The number of benzene rings is 3. The van der Waals surface area contributed by atoms with Gasteiger partial charge in [-0.05, 0) is 140 Å². The van der Waals surface area contributed by atoms with E-state index in [0.29, 0.717) is 54.7 Å². The normalized spacial score (nSPS) is 25.4. The zero-order valence-corrected chi connectivity index (χ0v) is 34.6. The molecule has 5 aliphatic rings. The molecule has 1 N–H and O–H groups in total. The van der Waals surface area contributed by atoms with Crippen molar-refractivity contribution in [2.24, 2.45) is 11.3 Å². The van der Waals surface area contributed by atoms with Crippen LogP contribution in [0, 0.1) is 29.6 Å². The number of carbonyl (C=O) groups excluding carboxylic acids is 1. The van der Waals surface area contributed by atoms with Gasteiger partial charge in [-0.2, -0.15) is 5.26 Å². The van der Waals surface area contributed by atoms with Crippen LogP contribution in [0.25, 0.3) is 11.1 Å². The number of hydrogen-bond acceptors (Lipinski definition) is 6. The maximum atomic E-state index is 13.6. The first-order chi connectivity index (χ1) is 28.2. The molecule has 1 saturated carbocycles. The number of ether oxygens (including phenoxy) is 3. The van der Waals surface area contributed by atoms with Gasteiger partial charge in [-0.1, -0.05) is 67.1 Å². The van der Waals surface area contributed by atoms with E-state index in [1.165, 1.54) is 11.1 Å². The number of alkyl halides is 1. The summed E-state index contributed by atoms with van der Waals surface area (Å²) in [5.41, 5.74) is 8.54. The van der Waals surface area contributed by atoms with Crippen LogP contribution in [0.4, 0.5) is 4.39 Å². The Labute approximate surface area is 347 Å². The lowest BCUT2D eigenvalue weighted by molar-refractivity contribution is -0.119. The second kappa shape index (κ2) is 17.7. The maximum absolute atomic E-state index is 13.6. The van der Waals surface area contributed by atoms with Crippen molar-refractivity contribution in [2.75, 3.05) is 32.8 Å². The number of nitrogens with one attached hydrogen (secondary N) is 1. The summed E-state index contributed by atoms with van der Waals surface area (Å²) in [5, 5.41) is 13.4. The van der Waals surface area contributed by atoms with Gasteiger partial charge in [-0.25, -0.2) is 4.39 Å². The molecule has 0 bridgehead atoms. The molecule has 3 aliphatic carbocycles. The Morgan fingerprint density at radius 3 is 2.64 bits per heavy atom. The predicted molar refractivity (Wildman–Crippen MR) is 227 cm³/mol. The molecule has 0 aromatic heterocycles. The van der Waals surface area contributed by atoms with E-state index in [9.17, 15) is 14.4 Å². The van der Waals surface area contributed by atoms with Gasteiger partial charge in [0.2, 0.25) is 5.91 Å². The molecule has 4 atom stereocenters. The van der Waals surface area contributed by atoms with Crippen LogP contribution in [0.1, 0.15) is 93.1 Å². The van der Waals surface area contributed by atoms with Gasteiger partial charge in [0, 0.05) is 43.7 Å². The molecule has 1 amide bonds. The third kappa shape index (κ3) is 9.17. The van der Waals surface area contributed by atoms with Gasteiger partial charge >= 0.3 is 0 Å². The summed E-state index contributed by atoms with van der Waals surface area (Å²) in [7, 11) is 0. The number of nitrogens with zero attached hydrogens (tertiary/aromatic N) is 2. The molecule has 2 heterocycles. The lowest BCUT2D eigenvalue weighted by Gasteiger charge is -2.28. The molecule has 9 heteroatoms. The maximum Gasteiger partial charge on any atom is 0.220 e. The third-order valence-corrected chi connectivity index (χ3v) is 13.3. The molecule has 3 fully saturated rings. The Kier molecular flexibility index (Phi) is 12.3. The van der Waals surface area contributed by atoms with E-state index in [-0.39, 0.29) is 23.5 Å². The van der Waals surface area contributed by atoms with Crippen LogP contribution in [-0.4, -0.2) is 55.9 Å². The molecule has 0 spiro atoms. The minimum Gasteiger partial charge on any atom is -0.493 e. The highest BCUT2D eigenvalue weighted by molar-refractivity contribution is 6.32. The average Bonchev–Trinajstić information content (AvgIpc) is 3.45. The summed E-state index contributed by atoms with van der Waals surface area (Å²) in [5.74, 6) is 2.77. The molecule has 3 aromatic carbocycles. The number of halogens is 2. The Bertz CT molecular complexity index is 2150.